The van der Waals surface area contributed by atoms with Crippen LogP contribution in [0.1, 0.15) is 5.56 Å². The second-order valence-electron chi connectivity index (χ2n) is 2.89. The van der Waals surface area contributed by atoms with Gasteiger partial charge < -0.3 is 4.74 Å². The quantitative estimate of drug-likeness (QED) is 0.735. The number of rotatable bonds is 5. The minimum absolute atomic E-state index is 0.370. The van der Waals surface area contributed by atoms with Crippen molar-refractivity contribution >= 4 is 43.5 Å². The summed E-state index contributed by atoms with van der Waals surface area (Å²) in [6, 6.07) is 7.69. The van der Waals surface area contributed by atoms with E-state index in [1.165, 1.54) is 0 Å². The third-order valence-electron chi connectivity index (χ3n) is 1.65. The molecular formula is C10H11Br2ClO. The summed E-state index contributed by atoms with van der Waals surface area (Å²) in [6.45, 7) is 1.33. The minimum atomic E-state index is 0.370. The van der Waals surface area contributed by atoms with Gasteiger partial charge in [0.2, 0.25) is 0 Å². The highest BCUT2D eigenvalue weighted by Gasteiger charge is 2.01. The summed E-state index contributed by atoms with van der Waals surface area (Å²) in [5.74, 6) is 0. The third kappa shape index (κ3) is 4.78. The van der Waals surface area contributed by atoms with Crippen LogP contribution in [0.3, 0.4) is 0 Å². The van der Waals surface area contributed by atoms with Gasteiger partial charge in [0.25, 0.3) is 0 Å². The van der Waals surface area contributed by atoms with Gasteiger partial charge in [-0.15, -0.1) is 0 Å². The molecule has 1 rings (SSSR count). The van der Waals surface area contributed by atoms with Crippen LogP contribution in [0.4, 0.5) is 0 Å². The zero-order valence-corrected chi connectivity index (χ0v) is 11.5. The third-order valence-corrected chi connectivity index (χ3v) is 4.14. The van der Waals surface area contributed by atoms with Gasteiger partial charge in [-0.3, -0.25) is 0 Å². The van der Waals surface area contributed by atoms with E-state index in [1.807, 2.05) is 24.3 Å². The van der Waals surface area contributed by atoms with Crippen LogP contribution in [-0.2, 0) is 11.3 Å². The average Bonchev–Trinajstić information content (AvgIpc) is 2.21. The Kier molecular flexibility index (Phi) is 6.10. The van der Waals surface area contributed by atoms with E-state index in [0.717, 1.165) is 15.9 Å². The van der Waals surface area contributed by atoms with Crippen molar-refractivity contribution in [2.75, 3.05) is 11.9 Å². The van der Waals surface area contributed by atoms with Crippen LogP contribution < -0.4 is 0 Å². The largest absolute Gasteiger partial charge is 0.376 e. The van der Waals surface area contributed by atoms with E-state index in [2.05, 4.69) is 31.9 Å². The SMILES string of the molecule is Clc1ccc(COCC(Br)CBr)cc1. The normalized spacial score (nSPS) is 12.8. The Labute approximate surface area is 106 Å². The van der Waals surface area contributed by atoms with Crippen LogP contribution in [-0.4, -0.2) is 16.8 Å². The smallest absolute Gasteiger partial charge is 0.0717 e. The standard InChI is InChI=1S/C10H11Br2ClO/c11-5-9(12)7-14-6-8-1-3-10(13)4-2-8/h1-4,9H,5-7H2. The fourth-order valence-corrected chi connectivity index (χ4v) is 1.43. The van der Waals surface area contributed by atoms with Gasteiger partial charge in [0.05, 0.1) is 13.2 Å². The molecule has 0 bridgehead atoms. The molecular weight excluding hydrogens is 331 g/mol. The second kappa shape index (κ2) is 6.83. The molecule has 0 aliphatic heterocycles. The molecule has 0 heterocycles. The molecule has 0 saturated heterocycles. The average molecular weight is 342 g/mol. The van der Waals surface area contributed by atoms with Gasteiger partial charge in [0.15, 0.2) is 0 Å². The molecule has 0 aliphatic rings. The maximum Gasteiger partial charge on any atom is 0.0717 e. The van der Waals surface area contributed by atoms with Gasteiger partial charge in [0.1, 0.15) is 0 Å². The topological polar surface area (TPSA) is 9.23 Å². The van der Waals surface area contributed by atoms with Crippen molar-refractivity contribution in [2.45, 2.75) is 11.4 Å². The molecule has 0 aliphatic carbocycles. The number of hydrogen-bond donors (Lipinski definition) is 0. The maximum absolute atomic E-state index is 5.76. The molecule has 1 unspecified atom stereocenters. The predicted molar refractivity (Wildman–Crippen MR) is 67.6 cm³/mol. The van der Waals surface area contributed by atoms with E-state index < -0.39 is 0 Å². The Bertz CT molecular complexity index is 263. The molecule has 1 aromatic carbocycles. The molecule has 0 aromatic heterocycles. The molecule has 0 spiro atoms. The highest BCUT2D eigenvalue weighted by atomic mass is 79.9. The Morgan fingerprint density at radius 3 is 2.50 bits per heavy atom. The summed E-state index contributed by atoms with van der Waals surface area (Å²) in [6.07, 6.45) is 0. The number of benzene rings is 1. The van der Waals surface area contributed by atoms with Crippen molar-refractivity contribution in [1.29, 1.82) is 0 Å². The number of hydrogen-bond acceptors (Lipinski definition) is 1. The van der Waals surface area contributed by atoms with Crippen molar-refractivity contribution < 1.29 is 4.74 Å². The number of ether oxygens (including phenoxy) is 1. The molecule has 4 heteroatoms. The molecule has 0 N–H and O–H groups in total. The highest BCUT2D eigenvalue weighted by molar-refractivity contribution is 9.12. The lowest BCUT2D eigenvalue weighted by molar-refractivity contribution is 0.126. The summed E-state index contributed by atoms with van der Waals surface area (Å²) in [7, 11) is 0. The van der Waals surface area contributed by atoms with Crippen molar-refractivity contribution in [2.24, 2.45) is 0 Å². The molecule has 14 heavy (non-hydrogen) atoms. The Balaban J connectivity index is 2.28. The van der Waals surface area contributed by atoms with Crippen molar-refractivity contribution in [3.8, 4) is 0 Å². The zero-order chi connectivity index (χ0) is 10.4. The van der Waals surface area contributed by atoms with Gasteiger partial charge in [-0.1, -0.05) is 55.6 Å². The van der Waals surface area contributed by atoms with Crippen LogP contribution in [0.5, 0.6) is 0 Å². The number of alkyl halides is 2. The van der Waals surface area contributed by atoms with Gasteiger partial charge >= 0.3 is 0 Å². The van der Waals surface area contributed by atoms with E-state index in [9.17, 15) is 0 Å². The zero-order valence-electron chi connectivity index (χ0n) is 7.55. The fourth-order valence-electron chi connectivity index (χ4n) is 0.930. The monoisotopic (exact) mass is 340 g/mol. The van der Waals surface area contributed by atoms with Gasteiger partial charge in [-0.05, 0) is 17.7 Å². The van der Waals surface area contributed by atoms with Crippen LogP contribution in [0.15, 0.2) is 24.3 Å². The van der Waals surface area contributed by atoms with Crippen molar-refractivity contribution in [3.63, 3.8) is 0 Å². The van der Waals surface area contributed by atoms with Crippen LogP contribution in [0, 0.1) is 0 Å². The maximum atomic E-state index is 5.76. The first-order valence-electron chi connectivity index (χ1n) is 4.24. The minimum Gasteiger partial charge on any atom is -0.376 e. The first kappa shape index (κ1) is 12.5. The molecule has 0 fully saturated rings. The van der Waals surface area contributed by atoms with E-state index in [4.69, 9.17) is 16.3 Å². The van der Waals surface area contributed by atoms with Crippen molar-refractivity contribution in [3.05, 3.63) is 34.9 Å². The first-order chi connectivity index (χ1) is 6.72. The lowest BCUT2D eigenvalue weighted by Gasteiger charge is -2.07. The molecule has 1 atom stereocenters. The Hall–Kier alpha value is 0.430. The van der Waals surface area contributed by atoms with Crippen LogP contribution in [0.2, 0.25) is 5.02 Å². The van der Waals surface area contributed by atoms with Gasteiger partial charge in [-0.2, -0.15) is 0 Å². The fraction of sp³-hybridized carbons (Fsp3) is 0.400. The van der Waals surface area contributed by atoms with Gasteiger partial charge in [0, 0.05) is 15.2 Å². The molecule has 78 valence electrons. The van der Waals surface area contributed by atoms with Gasteiger partial charge in [-0.25, -0.2) is 0 Å². The van der Waals surface area contributed by atoms with E-state index in [-0.39, 0.29) is 0 Å². The molecule has 0 saturated carbocycles. The second-order valence-corrected chi connectivity index (χ2v) is 5.27. The highest BCUT2D eigenvalue weighted by Crippen LogP contribution is 2.11. The molecule has 1 nitrogen and oxygen atoms in total. The Morgan fingerprint density at radius 2 is 1.93 bits per heavy atom. The van der Waals surface area contributed by atoms with Crippen LogP contribution >= 0.6 is 43.5 Å². The van der Waals surface area contributed by atoms with E-state index >= 15 is 0 Å². The lowest BCUT2D eigenvalue weighted by Crippen LogP contribution is -2.09. The summed E-state index contributed by atoms with van der Waals surface area (Å²) >= 11 is 12.6. The van der Waals surface area contributed by atoms with E-state index in [0.29, 0.717) is 18.0 Å². The lowest BCUT2D eigenvalue weighted by atomic mass is 10.2. The molecule has 0 radical (unpaired) electrons. The van der Waals surface area contributed by atoms with Crippen LogP contribution in [0.25, 0.3) is 0 Å². The Morgan fingerprint density at radius 1 is 1.29 bits per heavy atom. The summed E-state index contributed by atoms with van der Waals surface area (Å²) in [5, 5.41) is 1.65. The predicted octanol–water partition coefficient (Wildman–Crippen LogP) is 4.02. The number of halogens is 3. The molecule has 1 aromatic rings. The summed E-state index contributed by atoms with van der Waals surface area (Å²) < 4.78 is 5.49. The summed E-state index contributed by atoms with van der Waals surface area (Å²) in [4.78, 5) is 0.370. The first-order valence-corrected chi connectivity index (χ1v) is 6.66. The van der Waals surface area contributed by atoms with Crippen molar-refractivity contribution in [1.82, 2.24) is 0 Å². The molecule has 0 amide bonds. The summed E-state index contributed by atoms with van der Waals surface area (Å²) in [5.41, 5.74) is 1.14. The van der Waals surface area contributed by atoms with E-state index in [1.54, 1.807) is 0 Å².